The van der Waals surface area contributed by atoms with Crippen LogP contribution in [-0.2, 0) is 6.54 Å². The summed E-state index contributed by atoms with van der Waals surface area (Å²) in [4.78, 5) is 0. The van der Waals surface area contributed by atoms with Crippen molar-refractivity contribution in [2.75, 3.05) is 6.61 Å². The molecular formula is C15H18ClNO2. The number of halogens is 1. The fourth-order valence-electron chi connectivity index (χ4n) is 1.66. The number of aliphatic hydroxyl groups excluding tert-OH is 1. The number of benzene rings is 1. The minimum atomic E-state index is -0.322. The third-order valence-electron chi connectivity index (χ3n) is 2.94. The van der Waals surface area contributed by atoms with Crippen molar-refractivity contribution in [1.29, 1.82) is 0 Å². The van der Waals surface area contributed by atoms with E-state index in [0.717, 1.165) is 17.1 Å². The fourth-order valence-corrected chi connectivity index (χ4v) is 1.89. The molecule has 4 heteroatoms. The number of rotatable bonds is 5. The highest BCUT2D eigenvalue weighted by atomic mass is 35.5. The third-order valence-corrected chi connectivity index (χ3v) is 3.27. The highest BCUT2D eigenvalue weighted by Gasteiger charge is 2.16. The Balaban J connectivity index is 2.10. The van der Waals surface area contributed by atoms with E-state index in [-0.39, 0.29) is 12.1 Å². The van der Waals surface area contributed by atoms with Gasteiger partial charge in [-0.1, -0.05) is 23.7 Å². The molecule has 1 aromatic heterocycles. The van der Waals surface area contributed by atoms with Gasteiger partial charge in [0.15, 0.2) is 0 Å². The molecule has 3 nitrogen and oxygen atoms in total. The molecule has 1 aromatic carbocycles. The Hall–Kier alpha value is -1.29. The van der Waals surface area contributed by atoms with Crippen LogP contribution in [0.1, 0.15) is 19.6 Å². The molecule has 1 heterocycles. The molecule has 0 radical (unpaired) electrons. The van der Waals surface area contributed by atoms with Gasteiger partial charge in [-0.2, -0.15) is 0 Å². The van der Waals surface area contributed by atoms with Gasteiger partial charge in [0.05, 0.1) is 18.2 Å². The van der Waals surface area contributed by atoms with Gasteiger partial charge in [0.2, 0.25) is 0 Å². The van der Waals surface area contributed by atoms with Gasteiger partial charge in [-0.05, 0) is 38.1 Å². The Morgan fingerprint density at radius 1 is 1.21 bits per heavy atom. The van der Waals surface area contributed by atoms with Gasteiger partial charge in [0, 0.05) is 11.1 Å². The molecule has 2 N–H and O–H groups in total. The van der Waals surface area contributed by atoms with Gasteiger partial charge in [0.1, 0.15) is 11.5 Å². The normalized spacial score (nSPS) is 11.8. The summed E-state index contributed by atoms with van der Waals surface area (Å²) < 4.78 is 5.76. The molecule has 102 valence electrons. The van der Waals surface area contributed by atoms with E-state index >= 15 is 0 Å². The van der Waals surface area contributed by atoms with Gasteiger partial charge >= 0.3 is 0 Å². The van der Waals surface area contributed by atoms with Gasteiger partial charge in [-0.3, -0.25) is 0 Å². The molecular weight excluding hydrogens is 262 g/mol. The highest BCUT2D eigenvalue weighted by Crippen LogP contribution is 2.29. The molecule has 0 aliphatic rings. The first-order valence-electron chi connectivity index (χ1n) is 6.21. The summed E-state index contributed by atoms with van der Waals surface area (Å²) in [5.41, 5.74) is 0.564. The molecule has 0 bridgehead atoms. The average molecular weight is 280 g/mol. The van der Waals surface area contributed by atoms with Gasteiger partial charge < -0.3 is 14.8 Å². The van der Waals surface area contributed by atoms with E-state index < -0.39 is 0 Å². The van der Waals surface area contributed by atoms with Crippen LogP contribution in [0.15, 0.2) is 40.8 Å². The second-order valence-electron chi connectivity index (χ2n) is 5.14. The summed E-state index contributed by atoms with van der Waals surface area (Å²) in [6.45, 7) is 4.51. The van der Waals surface area contributed by atoms with Gasteiger partial charge in [-0.15, -0.1) is 0 Å². The van der Waals surface area contributed by atoms with Crippen LogP contribution in [0.5, 0.6) is 0 Å². The van der Waals surface area contributed by atoms with Crippen molar-refractivity contribution in [3.05, 3.63) is 47.2 Å². The molecule has 0 spiro atoms. The number of hydrogen-bond acceptors (Lipinski definition) is 3. The van der Waals surface area contributed by atoms with Crippen molar-refractivity contribution in [1.82, 2.24) is 5.32 Å². The van der Waals surface area contributed by atoms with E-state index in [1.165, 1.54) is 0 Å². The molecule has 2 rings (SSSR count). The van der Waals surface area contributed by atoms with Crippen LogP contribution in [0.4, 0.5) is 0 Å². The summed E-state index contributed by atoms with van der Waals surface area (Å²) >= 11 is 6.13. The summed E-state index contributed by atoms with van der Waals surface area (Å²) in [6.07, 6.45) is 0. The van der Waals surface area contributed by atoms with E-state index in [2.05, 4.69) is 5.32 Å². The lowest BCUT2D eigenvalue weighted by atomic mass is 10.1. The zero-order valence-electron chi connectivity index (χ0n) is 11.1. The van der Waals surface area contributed by atoms with Crippen molar-refractivity contribution >= 4 is 11.6 Å². The first kappa shape index (κ1) is 14.1. The number of aliphatic hydroxyl groups is 1. The Morgan fingerprint density at radius 3 is 2.63 bits per heavy atom. The van der Waals surface area contributed by atoms with E-state index in [4.69, 9.17) is 16.0 Å². The first-order valence-corrected chi connectivity index (χ1v) is 6.59. The lowest BCUT2D eigenvalue weighted by Gasteiger charge is -2.22. The Morgan fingerprint density at radius 2 is 1.95 bits per heavy atom. The maximum atomic E-state index is 9.18. The second kappa shape index (κ2) is 5.78. The number of nitrogens with one attached hydrogen (secondary N) is 1. The van der Waals surface area contributed by atoms with Crippen LogP contribution < -0.4 is 5.32 Å². The second-order valence-corrected chi connectivity index (χ2v) is 5.55. The standard InChI is InChI=1S/C15H18ClNO2/c1-15(2,10-18)17-9-11-7-8-14(19-11)12-5-3-4-6-13(12)16/h3-8,17-18H,9-10H2,1-2H3. The zero-order chi connectivity index (χ0) is 13.9. The maximum absolute atomic E-state index is 9.18. The van der Waals surface area contributed by atoms with Crippen molar-refractivity contribution < 1.29 is 9.52 Å². The number of furan rings is 1. The molecule has 19 heavy (non-hydrogen) atoms. The van der Waals surface area contributed by atoms with Crippen LogP contribution in [0, 0.1) is 0 Å². The van der Waals surface area contributed by atoms with E-state index in [0.29, 0.717) is 11.6 Å². The average Bonchev–Trinajstić information content (AvgIpc) is 2.86. The molecule has 0 saturated carbocycles. The smallest absolute Gasteiger partial charge is 0.135 e. The molecule has 0 aliphatic heterocycles. The lowest BCUT2D eigenvalue weighted by molar-refractivity contribution is 0.184. The fraction of sp³-hybridized carbons (Fsp3) is 0.333. The van der Waals surface area contributed by atoms with Crippen LogP contribution in [0.25, 0.3) is 11.3 Å². The van der Waals surface area contributed by atoms with Crippen LogP contribution in [-0.4, -0.2) is 17.3 Å². The molecule has 0 saturated heterocycles. The molecule has 0 aliphatic carbocycles. The van der Waals surface area contributed by atoms with E-state index in [9.17, 15) is 5.11 Å². The van der Waals surface area contributed by atoms with Crippen molar-refractivity contribution in [3.8, 4) is 11.3 Å². The third kappa shape index (κ3) is 3.60. The lowest BCUT2D eigenvalue weighted by Crippen LogP contribution is -2.41. The van der Waals surface area contributed by atoms with Gasteiger partial charge in [0.25, 0.3) is 0 Å². The monoisotopic (exact) mass is 279 g/mol. The highest BCUT2D eigenvalue weighted by molar-refractivity contribution is 6.33. The summed E-state index contributed by atoms with van der Waals surface area (Å²) in [5, 5.41) is 13.1. The SMILES string of the molecule is CC(C)(CO)NCc1ccc(-c2ccccc2Cl)o1. The predicted molar refractivity (Wildman–Crippen MR) is 77.2 cm³/mol. The largest absolute Gasteiger partial charge is 0.460 e. The minimum absolute atomic E-state index is 0.0745. The van der Waals surface area contributed by atoms with Crippen molar-refractivity contribution in [3.63, 3.8) is 0 Å². The molecule has 0 atom stereocenters. The predicted octanol–water partition coefficient (Wildman–Crippen LogP) is 3.46. The maximum Gasteiger partial charge on any atom is 0.135 e. The van der Waals surface area contributed by atoms with Crippen molar-refractivity contribution in [2.45, 2.75) is 25.9 Å². The van der Waals surface area contributed by atoms with Crippen molar-refractivity contribution in [2.24, 2.45) is 0 Å². The topological polar surface area (TPSA) is 45.4 Å². The van der Waals surface area contributed by atoms with Crippen LogP contribution >= 0.6 is 11.6 Å². The molecule has 0 fully saturated rings. The first-order chi connectivity index (χ1) is 9.02. The quantitative estimate of drug-likeness (QED) is 0.881. The minimum Gasteiger partial charge on any atom is -0.460 e. The Labute approximate surface area is 118 Å². The van der Waals surface area contributed by atoms with E-state index in [1.807, 2.05) is 50.2 Å². The molecule has 0 amide bonds. The Bertz CT molecular complexity index is 549. The van der Waals surface area contributed by atoms with Crippen LogP contribution in [0.2, 0.25) is 5.02 Å². The van der Waals surface area contributed by atoms with Gasteiger partial charge in [-0.25, -0.2) is 0 Å². The molecule has 2 aromatic rings. The summed E-state index contributed by atoms with van der Waals surface area (Å²) in [5.74, 6) is 1.57. The Kier molecular flexibility index (Phi) is 4.30. The van der Waals surface area contributed by atoms with E-state index in [1.54, 1.807) is 0 Å². The summed E-state index contributed by atoms with van der Waals surface area (Å²) in [6, 6.07) is 11.4. The zero-order valence-corrected chi connectivity index (χ0v) is 11.9. The molecule has 0 unspecified atom stereocenters. The van der Waals surface area contributed by atoms with Crippen LogP contribution in [0.3, 0.4) is 0 Å². The number of hydrogen-bond donors (Lipinski definition) is 2. The summed E-state index contributed by atoms with van der Waals surface area (Å²) in [7, 11) is 0.